The Morgan fingerprint density at radius 2 is 1.90 bits per heavy atom. The van der Waals surface area contributed by atoms with Crippen LogP contribution in [0.2, 0.25) is 0 Å². The Morgan fingerprint density at radius 1 is 1.29 bits per heavy atom. The van der Waals surface area contributed by atoms with E-state index >= 15 is 0 Å². The van der Waals surface area contributed by atoms with Crippen LogP contribution in [0.4, 0.5) is 0 Å². The maximum Gasteiger partial charge on any atom is 0.355 e. The summed E-state index contributed by atoms with van der Waals surface area (Å²) in [5, 5.41) is 0. The van der Waals surface area contributed by atoms with E-state index in [-0.39, 0.29) is 24.4 Å². The van der Waals surface area contributed by atoms with Gasteiger partial charge in [0.1, 0.15) is 11.3 Å². The van der Waals surface area contributed by atoms with E-state index in [0.717, 1.165) is 0 Å². The molecule has 0 amide bonds. The Kier molecular flexibility index (Phi) is 5.29. The predicted molar refractivity (Wildman–Crippen MR) is 76.4 cm³/mol. The number of aldehydes is 1. The van der Waals surface area contributed by atoms with Gasteiger partial charge in [0.15, 0.2) is 6.29 Å². The Labute approximate surface area is 123 Å². The maximum atomic E-state index is 12.1. The summed E-state index contributed by atoms with van der Waals surface area (Å²) < 4.78 is 10.1. The van der Waals surface area contributed by atoms with Crippen LogP contribution in [0.5, 0.6) is 0 Å². The first-order chi connectivity index (χ1) is 9.69. The van der Waals surface area contributed by atoms with Gasteiger partial charge in [0.25, 0.3) is 0 Å². The van der Waals surface area contributed by atoms with Gasteiger partial charge >= 0.3 is 11.9 Å². The zero-order valence-electron chi connectivity index (χ0n) is 13.0. The molecule has 1 aromatic rings. The molecule has 1 rings (SSSR count). The van der Waals surface area contributed by atoms with E-state index in [1.807, 2.05) is 0 Å². The van der Waals surface area contributed by atoms with Crippen LogP contribution < -0.4 is 0 Å². The number of aromatic nitrogens is 1. The topological polar surface area (TPSA) is 85.5 Å². The van der Waals surface area contributed by atoms with Crippen molar-refractivity contribution in [3.8, 4) is 0 Å². The normalized spacial score (nSPS) is 11.1. The minimum Gasteiger partial charge on any atom is -0.466 e. The van der Waals surface area contributed by atoms with Gasteiger partial charge in [-0.25, -0.2) is 4.79 Å². The molecule has 0 aliphatic heterocycles. The lowest BCUT2D eigenvalue weighted by molar-refractivity contribution is -0.142. The number of aromatic amines is 1. The van der Waals surface area contributed by atoms with Gasteiger partial charge < -0.3 is 14.5 Å². The lowest BCUT2D eigenvalue weighted by atomic mass is 10.1. The molecule has 0 saturated carbocycles. The first-order valence-electron chi connectivity index (χ1n) is 6.75. The Morgan fingerprint density at radius 3 is 2.38 bits per heavy atom. The molecule has 0 fully saturated rings. The molecule has 21 heavy (non-hydrogen) atoms. The summed E-state index contributed by atoms with van der Waals surface area (Å²) in [5.41, 5.74) is 0.730. The van der Waals surface area contributed by atoms with Gasteiger partial charge in [0, 0.05) is 0 Å². The maximum absolute atomic E-state index is 12.1. The van der Waals surface area contributed by atoms with Gasteiger partial charge in [-0.2, -0.15) is 0 Å². The van der Waals surface area contributed by atoms with Crippen molar-refractivity contribution in [2.75, 3.05) is 6.61 Å². The molecule has 1 heterocycles. The van der Waals surface area contributed by atoms with Crippen LogP contribution in [-0.4, -0.2) is 35.4 Å². The molecule has 6 nitrogen and oxygen atoms in total. The van der Waals surface area contributed by atoms with Gasteiger partial charge in [-0.15, -0.1) is 0 Å². The van der Waals surface area contributed by atoms with Gasteiger partial charge in [-0.3, -0.25) is 9.59 Å². The molecule has 0 atom stereocenters. The first-order valence-corrected chi connectivity index (χ1v) is 6.75. The van der Waals surface area contributed by atoms with Crippen LogP contribution >= 0.6 is 0 Å². The summed E-state index contributed by atoms with van der Waals surface area (Å²) >= 11 is 0. The second kappa shape index (κ2) is 6.56. The van der Waals surface area contributed by atoms with Crippen molar-refractivity contribution < 1.29 is 23.9 Å². The third kappa shape index (κ3) is 4.44. The van der Waals surface area contributed by atoms with Crippen molar-refractivity contribution in [1.29, 1.82) is 0 Å². The highest BCUT2D eigenvalue weighted by atomic mass is 16.6. The van der Waals surface area contributed by atoms with Crippen LogP contribution in [0, 0.1) is 6.92 Å². The summed E-state index contributed by atoms with van der Waals surface area (Å²) in [7, 11) is 0. The molecule has 0 saturated heterocycles. The summed E-state index contributed by atoms with van der Waals surface area (Å²) in [6, 6.07) is 0. The number of esters is 2. The number of ether oxygens (including phenoxy) is 2. The summed E-state index contributed by atoms with van der Waals surface area (Å²) in [5.74, 6) is -1.00. The number of hydrogen-bond acceptors (Lipinski definition) is 5. The number of carbonyl (C=O) groups excluding carboxylic acids is 3. The van der Waals surface area contributed by atoms with Crippen LogP contribution in [-0.2, 0) is 20.7 Å². The first kappa shape index (κ1) is 16.9. The Hall–Kier alpha value is -2.11. The van der Waals surface area contributed by atoms with Gasteiger partial charge in [0.2, 0.25) is 0 Å². The predicted octanol–water partition coefficient (Wildman–Crippen LogP) is 2.20. The van der Waals surface area contributed by atoms with E-state index in [9.17, 15) is 14.4 Å². The molecule has 116 valence electrons. The van der Waals surface area contributed by atoms with Gasteiger partial charge in [0.05, 0.1) is 18.7 Å². The molecule has 0 aliphatic rings. The minimum atomic E-state index is -0.642. The lowest BCUT2D eigenvalue weighted by Crippen LogP contribution is -2.24. The largest absolute Gasteiger partial charge is 0.466 e. The number of carbonyl (C=O) groups is 3. The fourth-order valence-electron chi connectivity index (χ4n) is 1.87. The monoisotopic (exact) mass is 295 g/mol. The fourth-order valence-corrected chi connectivity index (χ4v) is 1.87. The van der Waals surface area contributed by atoms with E-state index in [1.54, 1.807) is 34.6 Å². The zero-order valence-corrected chi connectivity index (χ0v) is 13.0. The molecule has 1 N–H and O–H groups in total. The molecule has 0 unspecified atom stereocenters. The average molecular weight is 295 g/mol. The van der Waals surface area contributed by atoms with Crippen molar-refractivity contribution in [2.45, 2.75) is 46.6 Å². The number of nitrogens with one attached hydrogen (secondary N) is 1. The van der Waals surface area contributed by atoms with Crippen molar-refractivity contribution >= 4 is 18.2 Å². The van der Waals surface area contributed by atoms with Crippen LogP contribution in [0.15, 0.2) is 0 Å². The molecular weight excluding hydrogens is 274 g/mol. The third-order valence-corrected chi connectivity index (χ3v) is 2.76. The summed E-state index contributed by atoms with van der Waals surface area (Å²) in [6.07, 6.45) is 0.516. The molecular formula is C15H21NO5. The lowest BCUT2D eigenvalue weighted by Gasteiger charge is -2.19. The molecule has 0 aliphatic carbocycles. The Bertz CT molecular complexity index is 551. The van der Waals surface area contributed by atoms with E-state index < -0.39 is 17.5 Å². The highest BCUT2D eigenvalue weighted by Crippen LogP contribution is 2.21. The quantitative estimate of drug-likeness (QED) is 0.665. The van der Waals surface area contributed by atoms with Crippen molar-refractivity contribution in [1.82, 2.24) is 4.98 Å². The van der Waals surface area contributed by atoms with Gasteiger partial charge in [-0.1, -0.05) is 0 Å². The standard InChI is InChI=1S/C15H21NO5/c1-6-20-12(18)7-10-9(2)13(16-11(10)8-17)14(19)21-15(3,4)5/h8,16H,6-7H2,1-5H3. The van der Waals surface area contributed by atoms with Gasteiger partial charge in [-0.05, 0) is 45.7 Å². The van der Waals surface area contributed by atoms with Crippen LogP contribution in [0.1, 0.15) is 59.8 Å². The van der Waals surface area contributed by atoms with Crippen LogP contribution in [0.3, 0.4) is 0 Å². The minimum absolute atomic E-state index is 0.0625. The smallest absolute Gasteiger partial charge is 0.355 e. The molecule has 0 spiro atoms. The summed E-state index contributed by atoms with van der Waals surface area (Å²) in [4.78, 5) is 37.5. The van der Waals surface area contributed by atoms with Crippen molar-refractivity contribution in [2.24, 2.45) is 0 Å². The summed E-state index contributed by atoms with van der Waals surface area (Å²) in [6.45, 7) is 8.89. The van der Waals surface area contributed by atoms with Crippen LogP contribution in [0.25, 0.3) is 0 Å². The highest BCUT2D eigenvalue weighted by molar-refractivity contribution is 5.93. The fraction of sp³-hybridized carbons (Fsp3) is 0.533. The second-order valence-corrected chi connectivity index (χ2v) is 5.62. The number of hydrogen-bond donors (Lipinski definition) is 1. The van der Waals surface area contributed by atoms with E-state index in [4.69, 9.17) is 9.47 Å². The molecule has 1 aromatic heterocycles. The zero-order chi connectivity index (χ0) is 16.2. The Balaban J connectivity index is 3.09. The average Bonchev–Trinajstić information content (AvgIpc) is 2.65. The van der Waals surface area contributed by atoms with E-state index in [1.165, 1.54) is 0 Å². The highest BCUT2D eigenvalue weighted by Gasteiger charge is 2.25. The molecule has 0 radical (unpaired) electrons. The molecule has 0 bridgehead atoms. The van der Waals surface area contributed by atoms with E-state index in [2.05, 4.69) is 4.98 Å². The van der Waals surface area contributed by atoms with E-state index in [0.29, 0.717) is 17.4 Å². The molecule has 0 aromatic carbocycles. The SMILES string of the molecule is CCOC(=O)Cc1c(C=O)[nH]c(C(=O)OC(C)(C)C)c1C. The van der Waals surface area contributed by atoms with Crippen molar-refractivity contribution in [3.05, 3.63) is 22.5 Å². The number of H-pyrrole nitrogens is 1. The van der Waals surface area contributed by atoms with Crippen molar-refractivity contribution in [3.63, 3.8) is 0 Å². The second-order valence-electron chi connectivity index (χ2n) is 5.62. The number of rotatable bonds is 5. The third-order valence-electron chi connectivity index (χ3n) is 2.76. The molecule has 6 heteroatoms.